The Labute approximate surface area is 185 Å². The SMILES string of the molecule is O=C(NC(c1ccccc1)C1CCCC2CCCCN21)c1cc(C(F)(F)F)ccc1Cl. The number of nitrogens with one attached hydrogen (secondary N) is 1. The van der Waals surface area contributed by atoms with E-state index in [0.29, 0.717) is 6.04 Å². The Morgan fingerprint density at radius 2 is 1.77 bits per heavy atom. The van der Waals surface area contributed by atoms with Crippen molar-refractivity contribution in [3.05, 3.63) is 70.2 Å². The molecular weight excluding hydrogens is 425 g/mol. The second kappa shape index (κ2) is 9.21. The number of carbonyl (C=O) groups excluding carboxylic acids is 1. The van der Waals surface area contributed by atoms with Gasteiger partial charge < -0.3 is 5.32 Å². The van der Waals surface area contributed by atoms with Gasteiger partial charge in [-0.2, -0.15) is 13.2 Å². The maximum atomic E-state index is 13.2. The minimum Gasteiger partial charge on any atom is -0.344 e. The predicted molar refractivity (Wildman–Crippen MR) is 115 cm³/mol. The number of fused-ring (bicyclic) bond motifs is 1. The third-order valence-electron chi connectivity index (χ3n) is 6.50. The minimum absolute atomic E-state index is 0.0109. The molecule has 0 aromatic heterocycles. The first-order valence-electron chi connectivity index (χ1n) is 10.8. The van der Waals surface area contributed by atoms with Crippen LogP contribution in [0.4, 0.5) is 13.2 Å². The second-order valence-electron chi connectivity index (χ2n) is 8.44. The number of nitrogens with zero attached hydrogens (tertiary/aromatic N) is 1. The molecule has 166 valence electrons. The van der Waals surface area contributed by atoms with Crippen LogP contribution in [-0.4, -0.2) is 29.4 Å². The Kier molecular flexibility index (Phi) is 6.58. The van der Waals surface area contributed by atoms with E-state index < -0.39 is 17.6 Å². The summed E-state index contributed by atoms with van der Waals surface area (Å²) in [5.74, 6) is -0.580. The predicted octanol–water partition coefficient (Wildman–Crippen LogP) is 6.24. The molecule has 2 aromatic carbocycles. The monoisotopic (exact) mass is 450 g/mol. The number of benzene rings is 2. The third-order valence-corrected chi connectivity index (χ3v) is 6.83. The topological polar surface area (TPSA) is 32.3 Å². The summed E-state index contributed by atoms with van der Waals surface area (Å²) in [6.45, 7) is 0.985. The van der Waals surface area contributed by atoms with Gasteiger partial charge in [0, 0.05) is 12.1 Å². The van der Waals surface area contributed by atoms with Crippen molar-refractivity contribution in [2.75, 3.05) is 6.54 Å². The summed E-state index contributed by atoms with van der Waals surface area (Å²) in [6, 6.07) is 12.8. The maximum Gasteiger partial charge on any atom is 0.416 e. The van der Waals surface area contributed by atoms with Crippen molar-refractivity contribution in [1.29, 1.82) is 0 Å². The minimum atomic E-state index is -4.54. The van der Waals surface area contributed by atoms with Crippen LogP contribution in [0, 0.1) is 0 Å². The van der Waals surface area contributed by atoms with Crippen LogP contribution in [0.15, 0.2) is 48.5 Å². The fourth-order valence-corrected chi connectivity index (χ4v) is 5.22. The Morgan fingerprint density at radius 3 is 2.52 bits per heavy atom. The van der Waals surface area contributed by atoms with E-state index >= 15 is 0 Å². The van der Waals surface area contributed by atoms with E-state index in [1.807, 2.05) is 30.3 Å². The van der Waals surface area contributed by atoms with Crippen molar-refractivity contribution >= 4 is 17.5 Å². The van der Waals surface area contributed by atoms with Gasteiger partial charge in [0.25, 0.3) is 5.91 Å². The van der Waals surface area contributed by atoms with E-state index in [-0.39, 0.29) is 22.7 Å². The lowest BCUT2D eigenvalue weighted by molar-refractivity contribution is -0.137. The number of piperidine rings is 2. The molecule has 1 N–H and O–H groups in total. The Morgan fingerprint density at radius 1 is 1.03 bits per heavy atom. The molecule has 3 unspecified atom stereocenters. The largest absolute Gasteiger partial charge is 0.416 e. The van der Waals surface area contributed by atoms with Crippen molar-refractivity contribution in [3.63, 3.8) is 0 Å². The number of halogens is 4. The smallest absolute Gasteiger partial charge is 0.344 e. The molecule has 7 heteroatoms. The van der Waals surface area contributed by atoms with Gasteiger partial charge in [0.05, 0.1) is 22.2 Å². The molecule has 3 atom stereocenters. The molecule has 31 heavy (non-hydrogen) atoms. The Hall–Kier alpha value is -2.05. The Bertz CT molecular complexity index is 917. The van der Waals surface area contributed by atoms with Crippen molar-refractivity contribution < 1.29 is 18.0 Å². The standard InChI is InChI=1S/C24H26ClF3N2O/c25-20-13-12-17(24(26,27)28)15-19(20)23(31)29-22(16-7-2-1-3-8-16)21-11-6-10-18-9-4-5-14-30(18)21/h1-3,7-8,12-13,15,18,21-22H,4-6,9-11,14H2,(H,29,31). The third kappa shape index (κ3) is 4.90. The maximum absolute atomic E-state index is 13.2. The van der Waals surface area contributed by atoms with E-state index in [9.17, 15) is 18.0 Å². The van der Waals surface area contributed by atoms with Gasteiger partial charge in [-0.15, -0.1) is 0 Å². The van der Waals surface area contributed by atoms with Gasteiger partial charge in [-0.05, 0) is 56.0 Å². The average Bonchev–Trinajstić information content (AvgIpc) is 2.77. The van der Waals surface area contributed by atoms with Crippen molar-refractivity contribution in [2.24, 2.45) is 0 Å². The number of hydrogen-bond donors (Lipinski definition) is 1. The molecule has 2 aromatic rings. The number of alkyl halides is 3. The molecule has 0 bridgehead atoms. The van der Waals surface area contributed by atoms with Crippen LogP contribution >= 0.6 is 11.6 Å². The summed E-state index contributed by atoms with van der Waals surface area (Å²) >= 11 is 6.13. The molecule has 2 saturated heterocycles. The quantitative estimate of drug-likeness (QED) is 0.598. The molecule has 0 radical (unpaired) electrons. The molecule has 2 heterocycles. The van der Waals surface area contributed by atoms with Crippen LogP contribution in [0.2, 0.25) is 5.02 Å². The van der Waals surface area contributed by atoms with Crippen molar-refractivity contribution in [3.8, 4) is 0 Å². The molecule has 2 fully saturated rings. The van der Waals surface area contributed by atoms with Crippen LogP contribution in [0.1, 0.15) is 66.1 Å². The number of hydrogen-bond acceptors (Lipinski definition) is 2. The number of carbonyl (C=O) groups is 1. The normalized spacial score (nSPS) is 23.1. The van der Waals surface area contributed by atoms with Gasteiger partial charge >= 0.3 is 6.18 Å². The van der Waals surface area contributed by atoms with E-state index in [1.165, 1.54) is 6.42 Å². The summed E-state index contributed by atoms with van der Waals surface area (Å²) in [6.07, 6.45) is 2.14. The van der Waals surface area contributed by atoms with E-state index in [2.05, 4.69) is 10.2 Å². The molecule has 2 aliphatic heterocycles. The summed E-state index contributed by atoms with van der Waals surface area (Å²) in [5, 5.41) is 3.05. The Balaban J connectivity index is 1.65. The van der Waals surface area contributed by atoms with Crippen LogP contribution in [0.5, 0.6) is 0 Å². The van der Waals surface area contributed by atoms with Gasteiger partial charge in [0.15, 0.2) is 0 Å². The van der Waals surface area contributed by atoms with E-state index in [4.69, 9.17) is 11.6 Å². The van der Waals surface area contributed by atoms with Crippen LogP contribution in [0.3, 0.4) is 0 Å². The van der Waals surface area contributed by atoms with Gasteiger partial charge in [0.2, 0.25) is 0 Å². The van der Waals surface area contributed by atoms with Gasteiger partial charge in [-0.3, -0.25) is 9.69 Å². The summed E-state index contributed by atoms with van der Waals surface area (Å²) in [5.41, 5.74) is -0.0781. The fraction of sp³-hybridized carbons (Fsp3) is 0.458. The molecule has 0 aliphatic carbocycles. The highest BCUT2D eigenvalue weighted by atomic mass is 35.5. The molecular formula is C24H26ClF3N2O. The van der Waals surface area contributed by atoms with Crippen LogP contribution in [-0.2, 0) is 6.18 Å². The van der Waals surface area contributed by atoms with Crippen molar-refractivity contribution in [2.45, 2.75) is 62.8 Å². The molecule has 0 spiro atoms. The van der Waals surface area contributed by atoms with Gasteiger partial charge in [0.1, 0.15) is 0 Å². The fourth-order valence-electron chi connectivity index (χ4n) is 5.01. The summed E-state index contributed by atoms with van der Waals surface area (Å²) in [4.78, 5) is 15.6. The number of rotatable bonds is 4. The van der Waals surface area contributed by atoms with Gasteiger partial charge in [-0.25, -0.2) is 0 Å². The molecule has 2 aliphatic rings. The van der Waals surface area contributed by atoms with Crippen LogP contribution < -0.4 is 5.32 Å². The second-order valence-corrected chi connectivity index (χ2v) is 8.85. The zero-order chi connectivity index (χ0) is 22.0. The highest BCUT2D eigenvalue weighted by Gasteiger charge is 2.38. The van der Waals surface area contributed by atoms with E-state index in [0.717, 1.165) is 62.4 Å². The first-order chi connectivity index (χ1) is 14.8. The lowest BCUT2D eigenvalue weighted by Gasteiger charge is -2.48. The van der Waals surface area contributed by atoms with Crippen molar-refractivity contribution in [1.82, 2.24) is 10.2 Å². The lowest BCUT2D eigenvalue weighted by Crippen LogP contribution is -2.54. The van der Waals surface area contributed by atoms with Crippen LogP contribution in [0.25, 0.3) is 0 Å². The average molecular weight is 451 g/mol. The first-order valence-corrected chi connectivity index (χ1v) is 11.2. The molecule has 3 nitrogen and oxygen atoms in total. The highest BCUT2D eigenvalue weighted by Crippen LogP contribution is 2.37. The zero-order valence-corrected chi connectivity index (χ0v) is 17.9. The lowest BCUT2D eigenvalue weighted by atomic mass is 9.84. The summed E-state index contributed by atoms with van der Waals surface area (Å²) < 4.78 is 39.6. The number of amides is 1. The van der Waals surface area contributed by atoms with E-state index in [1.54, 1.807) is 0 Å². The molecule has 0 saturated carbocycles. The molecule has 4 rings (SSSR count). The molecule has 1 amide bonds. The first kappa shape index (κ1) is 22.2. The summed E-state index contributed by atoms with van der Waals surface area (Å²) in [7, 11) is 0. The highest BCUT2D eigenvalue weighted by molar-refractivity contribution is 6.33. The zero-order valence-electron chi connectivity index (χ0n) is 17.2. The van der Waals surface area contributed by atoms with Gasteiger partial charge in [-0.1, -0.05) is 54.8 Å².